The van der Waals surface area contributed by atoms with E-state index < -0.39 is 0 Å². The summed E-state index contributed by atoms with van der Waals surface area (Å²) in [5.41, 5.74) is 1.45. The van der Waals surface area contributed by atoms with Crippen molar-refractivity contribution in [1.82, 2.24) is 5.32 Å². The first-order chi connectivity index (χ1) is 8.09. The summed E-state index contributed by atoms with van der Waals surface area (Å²) in [6.07, 6.45) is 6.46. The lowest BCUT2D eigenvalue weighted by Gasteiger charge is -2.07. The van der Waals surface area contributed by atoms with Gasteiger partial charge >= 0.3 is 0 Å². The summed E-state index contributed by atoms with van der Waals surface area (Å²) >= 11 is 8.89. The molecule has 0 atom stereocenters. The third-order valence-electron chi connectivity index (χ3n) is 2.65. The van der Waals surface area contributed by atoms with Gasteiger partial charge in [0.25, 0.3) is 0 Å². The van der Waals surface area contributed by atoms with Gasteiger partial charge < -0.3 is 5.32 Å². The molecule has 0 aliphatic rings. The molecule has 0 aromatic carbocycles. The van der Waals surface area contributed by atoms with Crippen molar-refractivity contribution >= 4 is 43.2 Å². The van der Waals surface area contributed by atoms with Crippen LogP contribution in [0.4, 0.5) is 0 Å². The summed E-state index contributed by atoms with van der Waals surface area (Å²) in [6.45, 7) is 5.56. The van der Waals surface area contributed by atoms with Gasteiger partial charge in [-0.25, -0.2) is 0 Å². The number of hydrogen-bond acceptors (Lipinski definition) is 2. The van der Waals surface area contributed by atoms with Crippen molar-refractivity contribution in [2.75, 3.05) is 6.54 Å². The Morgan fingerprint density at radius 1 is 1.18 bits per heavy atom. The molecule has 1 aromatic rings. The molecule has 4 heteroatoms. The Kier molecular flexibility index (Phi) is 8.00. The van der Waals surface area contributed by atoms with Gasteiger partial charge in [-0.3, -0.25) is 0 Å². The number of halogens is 2. The summed E-state index contributed by atoms with van der Waals surface area (Å²) in [7, 11) is 0. The molecule has 1 heterocycles. The number of rotatable bonds is 8. The van der Waals surface area contributed by atoms with Crippen LogP contribution in [-0.4, -0.2) is 12.6 Å². The quantitative estimate of drug-likeness (QED) is 0.595. The van der Waals surface area contributed by atoms with Crippen molar-refractivity contribution in [3.8, 4) is 0 Å². The molecule has 0 aliphatic carbocycles. The molecule has 0 unspecified atom stereocenters. The van der Waals surface area contributed by atoms with Gasteiger partial charge in [0.2, 0.25) is 0 Å². The second kappa shape index (κ2) is 8.68. The van der Waals surface area contributed by atoms with E-state index in [1.54, 1.807) is 11.3 Å². The van der Waals surface area contributed by atoms with Crippen LogP contribution in [0.15, 0.2) is 13.6 Å². The minimum atomic E-state index is 0.620. The lowest BCUT2D eigenvalue weighted by Crippen LogP contribution is -2.23. The summed E-state index contributed by atoms with van der Waals surface area (Å²) in [5.74, 6) is 0. The Hall–Kier alpha value is 0.620. The number of nitrogens with one attached hydrogen (secondary N) is 1. The highest BCUT2D eigenvalue weighted by Gasteiger charge is 2.04. The van der Waals surface area contributed by atoms with Gasteiger partial charge in [-0.2, -0.15) is 0 Å². The molecular weight excluding hydrogens is 362 g/mol. The van der Waals surface area contributed by atoms with E-state index >= 15 is 0 Å². The van der Waals surface area contributed by atoms with Crippen LogP contribution in [0.5, 0.6) is 0 Å². The van der Waals surface area contributed by atoms with Gasteiger partial charge in [0.15, 0.2) is 0 Å². The Morgan fingerprint density at radius 2 is 1.88 bits per heavy atom. The normalized spacial score (nSPS) is 11.4. The zero-order valence-electron chi connectivity index (χ0n) is 10.6. The predicted octanol–water partition coefficient (Wildman–Crippen LogP) is 5.37. The van der Waals surface area contributed by atoms with E-state index in [2.05, 4.69) is 57.1 Å². The third-order valence-corrected chi connectivity index (χ3v) is 5.12. The molecule has 0 saturated heterocycles. The van der Waals surface area contributed by atoms with E-state index in [1.807, 2.05) is 0 Å². The zero-order chi connectivity index (χ0) is 12.7. The maximum Gasteiger partial charge on any atom is 0.0742 e. The van der Waals surface area contributed by atoms with E-state index in [0.29, 0.717) is 6.04 Å². The molecule has 0 spiro atoms. The van der Waals surface area contributed by atoms with Crippen LogP contribution in [0.3, 0.4) is 0 Å². The topological polar surface area (TPSA) is 12.0 Å². The van der Waals surface area contributed by atoms with Crippen LogP contribution < -0.4 is 5.32 Å². The highest BCUT2D eigenvalue weighted by Crippen LogP contribution is 2.32. The van der Waals surface area contributed by atoms with Crippen molar-refractivity contribution in [3.05, 3.63) is 19.2 Å². The SMILES string of the molecule is CC(C)NCCCCCCc1cc(Br)sc1Br. The number of aryl methyl sites for hydroxylation is 1. The first kappa shape index (κ1) is 15.7. The average Bonchev–Trinajstić information content (AvgIpc) is 2.55. The van der Waals surface area contributed by atoms with E-state index in [9.17, 15) is 0 Å². The number of unbranched alkanes of at least 4 members (excludes halogenated alkanes) is 3. The van der Waals surface area contributed by atoms with Crippen LogP contribution in [0.2, 0.25) is 0 Å². The average molecular weight is 383 g/mol. The summed E-state index contributed by atoms with van der Waals surface area (Å²) in [5, 5.41) is 3.45. The summed E-state index contributed by atoms with van der Waals surface area (Å²) < 4.78 is 2.51. The van der Waals surface area contributed by atoms with Crippen LogP contribution in [0, 0.1) is 0 Å². The lowest BCUT2D eigenvalue weighted by molar-refractivity contribution is 0.542. The Bertz CT molecular complexity index is 323. The minimum absolute atomic E-state index is 0.620. The van der Waals surface area contributed by atoms with Crippen molar-refractivity contribution in [3.63, 3.8) is 0 Å². The van der Waals surface area contributed by atoms with Gasteiger partial charge in [-0.1, -0.05) is 26.7 Å². The van der Waals surface area contributed by atoms with Crippen LogP contribution in [-0.2, 0) is 6.42 Å². The van der Waals surface area contributed by atoms with Gasteiger partial charge in [-0.05, 0) is 69.3 Å². The highest BCUT2D eigenvalue weighted by atomic mass is 79.9. The molecular formula is C13H21Br2NS. The van der Waals surface area contributed by atoms with E-state index in [4.69, 9.17) is 0 Å². The number of thiophene rings is 1. The fourth-order valence-electron chi connectivity index (χ4n) is 1.73. The maximum absolute atomic E-state index is 3.61. The second-order valence-electron chi connectivity index (χ2n) is 4.62. The van der Waals surface area contributed by atoms with E-state index in [1.165, 1.54) is 45.2 Å². The zero-order valence-corrected chi connectivity index (χ0v) is 14.6. The Morgan fingerprint density at radius 3 is 2.47 bits per heavy atom. The molecule has 1 nitrogen and oxygen atoms in total. The molecule has 1 N–H and O–H groups in total. The molecule has 0 saturated carbocycles. The molecule has 0 bridgehead atoms. The van der Waals surface area contributed by atoms with Gasteiger partial charge in [0.1, 0.15) is 0 Å². The van der Waals surface area contributed by atoms with Crippen molar-refractivity contribution in [1.29, 1.82) is 0 Å². The smallest absolute Gasteiger partial charge is 0.0742 e. The predicted molar refractivity (Wildman–Crippen MR) is 85.0 cm³/mol. The third kappa shape index (κ3) is 6.94. The van der Waals surface area contributed by atoms with Crippen LogP contribution >= 0.6 is 43.2 Å². The van der Waals surface area contributed by atoms with E-state index in [0.717, 1.165) is 6.54 Å². The molecule has 98 valence electrons. The lowest BCUT2D eigenvalue weighted by atomic mass is 10.1. The van der Waals surface area contributed by atoms with Crippen LogP contribution in [0.1, 0.15) is 45.1 Å². The van der Waals surface area contributed by atoms with Crippen molar-refractivity contribution in [2.24, 2.45) is 0 Å². The van der Waals surface area contributed by atoms with Gasteiger partial charge in [0, 0.05) is 6.04 Å². The summed E-state index contributed by atoms with van der Waals surface area (Å²) in [4.78, 5) is 0. The Balaban J connectivity index is 2.03. The standard InChI is InChI=1S/C13H21Br2NS/c1-10(2)16-8-6-4-3-5-7-11-9-12(14)17-13(11)15/h9-10,16H,3-8H2,1-2H3. The molecule has 17 heavy (non-hydrogen) atoms. The molecule has 1 aromatic heterocycles. The molecule has 0 fully saturated rings. The van der Waals surface area contributed by atoms with Crippen molar-refractivity contribution < 1.29 is 0 Å². The van der Waals surface area contributed by atoms with Crippen molar-refractivity contribution in [2.45, 2.75) is 52.0 Å². The first-order valence-electron chi connectivity index (χ1n) is 6.26. The monoisotopic (exact) mass is 381 g/mol. The first-order valence-corrected chi connectivity index (χ1v) is 8.67. The van der Waals surface area contributed by atoms with Gasteiger partial charge in [-0.15, -0.1) is 11.3 Å². The fraction of sp³-hybridized carbons (Fsp3) is 0.692. The maximum atomic E-state index is 3.61. The van der Waals surface area contributed by atoms with Crippen LogP contribution in [0.25, 0.3) is 0 Å². The second-order valence-corrected chi connectivity index (χ2v) is 8.37. The highest BCUT2D eigenvalue weighted by molar-refractivity contribution is 9.12. The largest absolute Gasteiger partial charge is 0.315 e. The molecule has 1 rings (SSSR count). The van der Waals surface area contributed by atoms with Gasteiger partial charge in [0.05, 0.1) is 7.57 Å². The number of hydrogen-bond donors (Lipinski definition) is 1. The van der Waals surface area contributed by atoms with E-state index in [-0.39, 0.29) is 0 Å². The summed E-state index contributed by atoms with van der Waals surface area (Å²) in [6, 6.07) is 2.85. The minimum Gasteiger partial charge on any atom is -0.315 e. The molecule has 0 radical (unpaired) electrons. The molecule has 0 amide bonds. The fourth-order valence-corrected chi connectivity index (χ4v) is 4.64. The Labute approximate surface area is 126 Å². The molecule has 0 aliphatic heterocycles.